The lowest BCUT2D eigenvalue weighted by Crippen LogP contribution is -2.06. The minimum atomic E-state index is -0.113. The molecule has 1 heterocycles. The molecule has 1 aromatic heterocycles. The molecule has 5 nitrogen and oxygen atoms in total. The minimum absolute atomic E-state index is 0.113. The van der Waals surface area contributed by atoms with E-state index in [4.69, 9.17) is 21.1 Å². The lowest BCUT2D eigenvalue weighted by atomic mass is 10.1. The van der Waals surface area contributed by atoms with Crippen molar-refractivity contribution < 1.29 is 14.6 Å². The predicted octanol–water partition coefficient (Wildman–Crippen LogP) is 3.44. The molecule has 0 saturated heterocycles. The molecule has 3 rings (SSSR count). The number of hydrogen-bond acceptors (Lipinski definition) is 4. The molecular formula is C18H19ClN2O3. The van der Waals surface area contributed by atoms with E-state index in [9.17, 15) is 5.11 Å². The Balaban J connectivity index is 1.88. The highest BCUT2D eigenvalue weighted by molar-refractivity contribution is 6.31. The number of aromatic nitrogens is 2. The number of halogens is 1. The average Bonchev–Trinajstić information content (AvgIpc) is 2.96. The summed E-state index contributed by atoms with van der Waals surface area (Å²) >= 11 is 6.02. The van der Waals surface area contributed by atoms with Gasteiger partial charge >= 0.3 is 0 Å². The number of aliphatic hydroxyl groups excluding tert-OH is 1. The van der Waals surface area contributed by atoms with Crippen molar-refractivity contribution in [2.24, 2.45) is 0 Å². The van der Waals surface area contributed by atoms with Crippen LogP contribution in [-0.4, -0.2) is 28.9 Å². The van der Waals surface area contributed by atoms with Gasteiger partial charge in [0.2, 0.25) is 0 Å². The van der Waals surface area contributed by atoms with Crippen LogP contribution in [0.15, 0.2) is 36.4 Å². The third-order valence-electron chi connectivity index (χ3n) is 4.00. The standard InChI is InChI=1S/C18H19ClN2O3/c1-23-16-6-3-12(9-17(16)24-2)7-8-21-15-5-4-13(19)10-14(15)20-18(21)11-22/h3-6,9-10,22H,7-8,11H2,1-2H3. The van der Waals surface area contributed by atoms with Crippen LogP contribution in [0, 0.1) is 0 Å². The van der Waals surface area contributed by atoms with Gasteiger partial charge < -0.3 is 19.1 Å². The van der Waals surface area contributed by atoms with E-state index in [0.29, 0.717) is 28.9 Å². The first-order valence-corrected chi connectivity index (χ1v) is 8.00. The second-order valence-electron chi connectivity index (χ2n) is 5.41. The van der Waals surface area contributed by atoms with Crippen LogP contribution in [0.2, 0.25) is 5.02 Å². The predicted molar refractivity (Wildman–Crippen MR) is 93.9 cm³/mol. The molecule has 0 aliphatic heterocycles. The molecule has 0 amide bonds. The first-order chi connectivity index (χ1) is 11.7. The van der Waals surface area contributed by atoms with Crippen molar-refractivity contribution in [1.29, 1.82) is 0 Å². The van der Waals surface area contributed by atoms with Gasteiger partial charge in [-0.15, -0.1) is 0 Å². The Morgan fingerprint density at radius 1 is 1.08 bits per heavy atom. The third kappa shape index (κ3) is 3.18. The Labute approximate surface area is 145 Å². The maximum absolute atomic E-state index is 9.58. The molecule has 126 valence electrons. The van der Waals surface area contributed by atoms with Gasteiger partial charge in [-0.05, 0) is 42.3 Å². The summed E-state index contributed by atoms with van der Waals surface area (Å²) in [6.45, 7) is 0.585. The lowest BCUT2D eigenvalue weighted by molar-refractivity contribution is 0.266. The van der Waals surface area contributed by atoms with Crippen molar-refractivity contribution in [3.63, 3.8) is 0 Å². The molecule has 0 aliphatic rings. The van der Waals surface area contributed by atoms with Gasteiger partial charge in [0.1, 0.15) is 12.4 Å². The Kier molecular flexibility index (Phi) is 4.92. The summed E-state index contributed by atoms with van der Waals surface area (Å²) in [4.78, 5) is 4.45. The summed E-state index contributed by atoms with van der Waals surface area (Å²) in [5, 5.41) is 10.2. The van der Waals surface area contributed by atoms with Crippen molar-refractivity contribution in [2.75, 3.05) is 14.2 Å². The molecule has 0 radical (unpaired) electrons. The number of benzene rings is 2. The smallest absolute Gasteiger partial charge is 0.160 e. The van der Waals surface area contributed by atoms with E-state index in [1.165, 1.54) is 0 Å². The van der Waals surface area contributed by atoms with Crippen LogP contribution in [0.25, 0.3) is 11.0 Å². The number of ether oxygens (including phenoxy) is 2. The van der Waals surface area contributed by atoms with Crippen LogP contribution in [0.4, 0.5) is 0 Å². The number of imidazole rings is 1. The zero-order valence-corrected chi connectivity index (χ0v) is 14.4. The maximum atomic E-state index is 9.58. The highest BCUT2D eigenvalue weighted by atomic mass is 35.5. The van der Waals surface area contributed by atoms with Crippen LogP contribution >= 0.6 is 11.6 Å². The minimum Gasteiger partial charge on any atom is -0.493 e. The molecule has 6 heteroatoms. The molecule has 0 bridgehead atoms. The van der Waals surface area contributed by atoms with Gasteiger partial charge in [-0.25, -0.2) is 4.98 Å². The summed E-state index contributed by atoms with van der Waals surface area (Å²) in [6, 6.07) is 11.4. The van der Waals surface area contributed by atoms with E-state index < -0.39 is 0 Å². The van der Waals surface area contributed by atoms with Gasteiger partial charge in [-0.2, -0.15) is 0 Å². The van der Waals surface area contributed by atoms with E-state index in [2.05, 4.69) is 4.98 Å². The normalized spacial score (nSPS) is 11.0. The summed E-state index contributed by atoms with van der Waals surface area (Å²) in [5.41, 5.74) is 2.87. The van der Waals surface area contributed by atoms with Crippen molar-refractivity contribution >= 4 is 22.6 Å². The maximum Gasteiger partial charge on any atom is 0.160 e. The van der Waals surface area contributed by atoms with Gasteiger partial charge in [0, 0.05) is 11.6 Å². The molecule has 0 spiro atoms. The van der Waals surface area contributed by atoms with Crippen LogP contribution in [0.1, 0.15) is 11.4 Å². The molecule has 3 aromatic rings. The molecule has 0 unspecified atom stereocenters. The number of nitrogens with zero attached hydrogens (tertiary/aromatic N) is 2. The number of hydrogen-bond donors (Lipinski definition) is 1. The Hall–Kier alpha value is -2.24. The van der Waals surface area contributed by atoms with Gasteiger partial charge in [0.05, 0.1) is 25.3 Å². The average molecular weight is 347 g/mol. The van der Waals surface area contributed by atoms with Gasteiger partial charge in [-0.3, -0.25) is 0 Å². The zero-order valence-electron chi connectivity index (χ0n) is 13.6. The SMILES string of the molecule is COc1ccc(CCn2c(CO)nc3cc(Cl)ccc32)cc1OC. The molecule has 0 fully saturated rings. The van der Waals surface area contributed by atoms with Gasteiger partial charge in [0.15, 0.2) is 11.5 Å². The lowest BCUT2D eigenvalue weighted by Gasteiger charge is -2.11. The molecule has 0 atom stereocenters. The van der Waals surface area contributed by atoms with E-state index >= 15 is 0 Å². The molecule has 0 aliphatic carbocycles. The quantitative estimate of drug-likeness (QED) is 0.742. The van der Waals surface area contributed by atoms with Gasteiger partial charge in [-0.1, -0.05) is 17.7 Å². The monoisotopic (exact) mass is 346 g/mol. The molecule has 2 aromatic carbocycles. The fourth-order valence-corrected chi connectivity index (χ4v) is 2.97. The second-order valence-corrected chi connectivity index (χ2v) is 5.85. The molecule has 24 heavy (non-hydrogen) atoms. The number of rotatable bonds is 6. The largest absolute Gasteiger partial charge is 0.493 e. The van der Waals surface area contributed by atoms with Crippen LogP contribution < -0.4 is 9.47 Å². The highest BCUT2D eigenvalue weighted by Gasteiger charge is 2.11. The topological polar surface area (TPSA) is 56.5 Å². The van der Waals surface area contributed by atoms with E-state index in [1.807, 2.05) is 41.0 Å². The van der Waals surface area contributed by atoms with E-state index in [1.54, 1.807) is 14.2 Å². The fraction of sp³-hybridized carbons (Fsp3) is 0.278. The van der Waals surface area contributed by atoms with Crippen molar-refractivity contribution in [3.05, 3.63) is 52.8 Å². The molecular weight excluding hydrogens is 328 g/mol. The summed E-state index contributed by atoms with van der Waals surface area (Å²) < 4.78 is 12.6. The third-order valence-corrected chi connectivity index (χ3v) is 4.24. The number of aryl methyl sites for hydroxylation is 2. The Morgan fingerprint density at radius 2 is 1.88 bits per heavy atom. The second kappa shape index (κ2) is 7.11. The molecule has 1 N–H and O–H groups in total. The van der Waals surface area contributed by atoms with Crippen LogP contribution in [-0.2, 0) is 19.6 Å². The van der Waals surface area contributed by atoms with Gasteiger partial charge in [0.25, 0.3) is 0 Å². The van der Waals surface area contributed by atoms with Crippen LogP contribution in [0.3, 0.4) is 0 Å². The van der Waals surface area contributed by atoms with Crippen molar-refractivity contribution in [3.8, 4) is 11.5 Å². The van der Waals surface area contributed by atoms with Crippen molar-refractivity contribution in [2.45, 2.75) is 19.6 Å². The van der Waals surface area contributed by atoms with E-state index in [-0.39, 0.29) is 6.61 Å². The summed E-state index contributed by atoms with van der Waals surface area (Å²) in [7, 11) is 3.24. The van der Waals surface area contributed by atoms with E-state index in [0.717, 1.165) is 23.0 Å². The number of aliphatic hydroxyl groups is 1. The number of fused-ring (bicyclic) bond motifs is 1. The Morgan fingerprint density at radius 3 is 2.58 bits per heavy atom. The summed E-state index contributed by atoms with van der Waals surface area (Å²) in [6.07, 6.45) is 0.779. The molecule has 0 saturated carbocycles. The first kappa shape index (κ1) is 16.6. The Bertz CT molecular complexity index is 861. The first-order valence-electron chi connectivity index (χ1n) is 7.62. The summed E-state index contributed by atoms with van der Waals surface area (Å²) in [5.74, 6) is 2.05. The zero-order chi connectivity index (χ0) is 17.1. The fourth-order valence-electron chi connectivity index (χ4n) is 2.80. The van der Waals surface area contributed by atoms with Crippen molar-refractivity contribution in [1.82, 2.24) is 9.55 Å². The van der Waals surface area contributed by atoms with Crippen LogP contribution in [0.5, 0.6) is 11.5 Å². The highest BCUT2D eigenvalue weighted by Crippen LogP contribution is 2.28. The number of methoxy groups -OCH3 is 2.